The molecule has 15 heavy (non-hydrogen) atoms. The molecule has 0 fully saturated rings. The normalized spacial score (nSPS) is 18.7. The Bertz CT molecular complexity index is 238. The maximum Gasteiger partial charge on any atom is 0.200 e. The third-order valence-corrected chi connectivity index (χ3v) is 1.72. The molecular weight excluding hydrogens is 204 g/mol. The van der Waals surface area contributed by atoms with Crippen LogP contribution >= 0.6 is 0 Å². The summed E-state index contributed by atoms with van der Waals surface area (Å²) < 4.78 is 22.9. The molecule has 0 aromatic carbocycles. The van der Waals surface area contributed by atoms with Crippen molar-refractivity contribution in [1.82, 2.24) is 0 Å². The van der Waals surface area contributed by atoms with Crippen molar-refractivity contribution in [2.45, 2.75) is 24.8 Å². The number of aliphatic hydroxyl groups excluding tert-OH is 1. The van der Waals surface area contributed by atoms with Crippen molar-refractivity contribution in [2.75, 3.05) is 20.3 Å². The first-order valence-corrected chi connectivity index (χ1v) is 4.26. The van der Waals surface area contributed by atoms with Crippen molar-refractivity contribution in [2.24, 2.45) is 5.11 Å². The lowest BCUT2D eigenvalue weighted by Crippen LogP contribution is -2.47. The summed E-state index contributed by atoms with van der Waals surface area (Å²) in [6.07, 6.45) is -1.62. The Morgan fingerprint density at radius 3 is 2.67 bits per heavy atom. The van der Waals surface area contributed by atoms with Crippen LogP contribution in [0.5, 0.6) is 0 Å². The summed E-state index contributed by atoms with van der Waals surface area (Å²) in [4.78, 5) is 2.48. The Kier molecular flexibility index (Phi) is 6.27. The van der Waals surface area contributed by atoms with Crippen LogP contribution < -0.4 is 0 Å². The van der Waals surface area contributed by atoms with E-state index in [0.29, 0.717) is 0 Å². The van der Waals surface area contributed by atoms with Crippen molar-refractivity contribution < 1.29 is 19.0 Å². The molecule has 0 heterocycles. The van der Waals surface area contributed by atoms with Gasteiger partial charge in [0.05, 0.1) is 13.2 Å². The first-order chi connectivity index (χ1) is 7.02. The van der Waals surface area contributed by atoms with E-state index >= 15 is 0 Å². The molecule has 0 rings (SSSR count). The van der Waals surface area contributed by atoms with Crippen LogP contribution in [0.2, 0.25) is 0 Å². The van der Waals surface area contributed by atoms with E-state index in [1.54, 1.807) is 0 Å². The number of halogens is 1. The second kappa shape index (κ2) is 6.63. The van der Waals surface area contributed by atoms with Crippen molar-refractivity contribution in [1.29, 1.82) is 0 Å². The SMILES string of the molecule is [B][C@@H](CO)O[C@@](COC)(N=[N+]=[N-])[C@@H](C)F. The van der Waals surface area contributed by atoms with Crippen molar-refractivity contribution >= 4 is 7.85 Å². The summed E-state index contributed by atoms with van der Waals surface area (Å²) in [5.74, 6) is 0. The minimum atomic E-state index is -1.84. The number of ether oxygens (including phenoxy) is 2. The van der Waals surface area contributed by atoms with Crippen LogP contribution in [0.3, 0.4) is 0 Å². The van der Waals surface area contributed by atoms with E-state index in [9.17, 15) is 4.39 Å². The van der Waals surface area contributed by atoms with Crippen molar-refractivity contribution in [3.05, 3.63) is 10.4 Å². The molecule has 0 aliphatic carbocycles. The topological polar surface area (TPSA) is 87.5 Å². The second-order valence-corrected chi connectivity index (χ2v) is 2.92. The van der Waals surface area contributed by atoms with E-state index < -0.39 is 24.5 Å². The number of rotatable bonds is 7. The lowest BCUT2D eigenvalue weighted by Gasteiger charge is -2.32. The number of nitrogens with zero attached hydrogens (tertiary/aromatic N) is 3. The molecule has 0 aromatic rings. The lowest BCUT2D eigenvalue weighted by molar-refractivity contribution is -0.142. The quantitative estimate of drug-likeness (QED) is 0.291. The fourth-order valence-electron chi connectivity index (χ4n) is 0.957. The Morgan fingerprint density at radius 1 is 1.73 bits per heavy atom. The lowest BCUT2D eigenvalue weighted by atomic mass is 10.00. The Labute approximate surface area is 88.4 Å². The van der Waals surface area contributed by atoms with E-state index in [1.807, 2.05) is 0 Å². The number of methoxy groups -OCH3 is 1. The molecule has 0 aliphatic rings. The summed E-state index contributed by atoms with van der Waals surface area (Å²) in [7, 11) is 6.58. The molecule has 8 heteroatoms. The molecule has 0 amide bonds. The summed E-state index contributed by atoms with van der Waals surface area (Å²) in [6.45, 7) is 0.347. The molecule has 0 saturated heterocycles. The highest BCUT2D eigenvalue weighted by Crippen LogP contribution is 2.23. The molecule has 0 unspecified atom stereocenters. The van der Waals surface area contributed by atoms with Crippen LogP contribution in [0, 0.1) is 0 Å². The second-order valence-electron chi connectivity index (χ2n) is 2.92. The molecule has 0 bridgehead atoms. The zero-order valence-electron chi connectivity index (χ0n) is 8.63. The van der Waals surface area contributed by atoms with Gasteiger partial charge in [-0.05, 0) is 12.5 Å². The number of aliphatic hydroxyl groups is 1. The van der Waals surface area contributed by atoms with E-state index in [0.717, 1.165) is 6.92 Å². The van der Waals surface area contributed by atoms with Gasteiger partial charge in [-0.15, -0.1) is 0 Å². The zero-order valence-corrected chi connectivity index (χ0v) is 8.63. The van der Waals surface area contributed by atoms with E-state index in [-0.39, 0.29) is 6.61 Å². The molecule has 0 saturated carbocycles. The van der Waals surface area contributed by atoms with Crippen molar-refractivity contribution in [3.63, 3.8) is 0 Å². The van der Waals surface area contributed by atoms with Gasteiger partial charge in [0, 0.05) is 18.0 Å². The molecule has 0 aliphatic heterocycles. The summed E-state index contributed by atoms with van der Waals surface area (Å²) in [6, 6.07) is -1.14. The molecule has 0 aromatic heterocycles. The zero-order chi connectivity index (χ0) is 11.9. The Hall–Kier alpha value is -0.815. The number of alkyl halides is 1. The monoisotopic (exact) mass is 217 g/mol. The third kappa shape index (κ3) is 4.05. The highest BCUT2D eigenvalue weighted by Gasteiger charge is 2.38. The van der Waals surface area contributed by atoms with Crippen LogP contribution in [0.25, 0.3) is 10.4 Å². The predicted molar refractivity (Wildman–Crippen MR) is 52.0 cm³/mol. The fraction of sp³-hybridized carbons (Fsp3) is 1.00. The van der Waals surface area contributed by atoms with Crippen LogP contribution in [-0.4, -0.2) is 51.2 Å². The van der Waals surface area contributed by atoms with Gasteiger partial charge in [-0.3, -0.25) is 0 Å². The largest absolute Gasteiger partial charge is 0.395 e. The number of hydrogen-bond acceptors (Lipinski definition) is 4. The molecule has 6 nitrogen and oxygen atoms in total. The van der Waals surface area contributed by atoms with Crippen LogP contribution in [0.1, 0.15) is 6.92 Å². The van der Waals surface area contributed by atoms with Gasteiger partial charge in [0.2, 0.25) is 0 Å². The van der Waals surface area contributed by atoms with Gasteiger partial charge in [0.15, 0.2) is 5.72 Å². The average molecular weight is 217 g/mol. The number of hydrogen-bond donors (Lipinski definition) is 1. The van der Waals surface area contributed by atoms with Crippen LogP contribution in [-0.2, 0) is 9.47 Å². The minimum Gasteiger partial charge on any atom is -0.395 e. The highest BCUT2D eigenvalue weighted by molar-refractivity contribution is 6.11. The molecule has 2 radical (unpaired) electrons. The van der Waals surface area contributed by atoms with E-state index in [1.165, 1.54) is 7.11 Å². The molecular formula is C7H13BFN3O3. The smallest absolute Gasteiger partial charge is 0.200 e. The molecule has 84 valence electrons. The maximum absolute atomic E-state index is 13.3. The van der Waals surface area contributed by atoms with Gasteiger partial charge in [0.1, 0.15) is 14.0 Å². The first kappa shape index (κ1) is 14.2. The van der Waals surface area contributed by atoms with Gasteiger partial charge < -0.3 is 14.6 Å². The first-order valence-electron chi connectivity index (χ1n) is 4.26. The Balaban J connectivity index is 4.85. The van der Waals surface area contributed by atoms with Crippen molar-refractivity contribution in [3.8, 4) is 0 Å². The maximum atomic E-state index is 13.3. The third-order valence-electron chi connectivity index (χ3n) is 1.72. The van der Waals surface area contributed by atoms with Gasteiger partial charge in [-0.1, -0.05) is 5.11 Å². The minimum absolute atomic E-state index is 0.289. The molecule has 1 N–H and O–H groups in total. The van der Waals surface area contributed by atoms with Gasteiger partial charge in [-0.2, -0.15) is 0 Å². The summed E-state index contributed by atoms with van der Waals surface area (Å²) in [5.41, 5.74) is 6.47. The van der Waals surface area contributed by atoms with Crippen LogP contribution in [0.15, 0.2) is 5.11 Å². The Morgan fingerprint density at radius 2 is 2.33 bits per heavy atom. The van der Waals surface area contributed by atoms with E-state index in [4.69, 9.17) is 28.0 Å². The number of azide groups is 1. The molecule has 0 spiro atoms. The standard InChI is InChI=1S/C7H13BFN3O3/c1-5(9)7(4-14-2,11-12-10)15-6(8)3-13/h5-6,13H,3-4H2,1-2H3/t5-,6-,7-/m1/s1. The summed E-state index contributed by atoms with van der Waals surface area (Å²) in [5, 5.41) is 11.9. The summed E-state index contributed by atoms with van der Waals surface area (Å²) >= 11 is 0. The van der Waals surface area contributed by atoms with Crippen LogP contribution in [0.4, 0.5) is 4.39 Å². The van der Waals surface area contributed by atoms with Gasteiger partial charge in [-0.25, -0.2) is 4.39 Å². The molecule has 3 atom stereocenters. The van der Waals surface area contributed by atoms with Gasteiger partial charge >= 0.3 is 0 Å². The highest BCUT2D eigenvalue weighted by atomic mass is 19.1. The average Bonchev–Trinajstić information content (AvgIpc) is 2.18. The predicted octanol–water partition coefficient (Wildman–Crippen LogP) is 0.501. The van der Waals surface area contributed by atoms with E-state index in [2.05, 4.69) is 10.0 Å². The van der Waals surface area contributed by atoms with Gasteiger partial charge in [0.25, 0.3) is 0 Å². The fourth-order valence-corrected chi connectivity index (χ4v) is 0.957.